The maximum atomic E-state index is 12.4. The molecule has 1 aromatic heterocycles. The van der Waals surface area contributed by atoms with E-state index >= 15 is 0 Å². The number of rotatable bonds is 6. The molecule has 2 aliphatic heterocycles. The zero-order valence-corrected chi connectivity index (χ0v) is 13.5. The van der Waals surface area contributed by atoms with Crippen molar-refractivity contribution >= 4 is 11.8 Å². The van der Waals surface area contributed by atoms with E-state index in [1.807, 2.05) is 29.4 Å². The molecule has 126 valence electrons. The lowest BCUT2D eigenvalue weighted by Crippen LogP contribution is -2.44. The first-order chi connectivity index (χ1) is 11.2. The lowest BCUT2D eigenvalue weighted by Gasteiger charge is -2.38. The molecule has 0 aliphatic carbocycles. The molecule has 0 bridgehead atoms. The van der Waals surface area contributed by atoms with E-state index < -0.39 is 0 Å². The maximum absolute atomic E-state index is 12.4. The van der Waals surface area contributed by atoms with Gasteiger partial charge in [-0.15, -0.1) is 0 Å². The Bertz CT molecular complexity index is 535. The van der Waals surface area contributed by atoms with Crippen molar-refractivity contribution in [2.24, 2.45) is 0 Å². The summed E-state index contributed by atoms with van der Waals surface area (Å²) < 4.78 is 7.63. The molecule has 0 saturated carbocycles. The number of aromatic nitrogens is 1. The first kappa shape index (κ1) is 16.1. The van der Waals surface area contributed by atoms with Gasteiger partial charge >= 0.3 is 0 Å². The van der Waals surface area contributed by atoms with Crippen molar-refractivity contribution in [2.45, 2.75) is 37.6 Å². The zero-order chi connectivity index (χ0) is 16.1. The number of carbonyl (C=O) groups is 2. The van der Waals surface area contributed by atoms with Crippen molar-refractivity contribution in [3.05, 3.63) is 24.5 Å². The van der Waals surface area contributed by atoms with Crippen molar-refractivity contribution in [3.63, 3.8) is 0 Å². The number of nitrogens with one attached hydrogen (secondary N) is 1. The number of likely N-dealkylation sites (tertiary alicyclic amines) is 1. The SMILES string of the molecule is O=C(CC1(n2cccc2)CCOCC1)NCCN1CCCC1=O. The largest absolute Gasteiger partial charge is 0.381 e. The second-order valence-corrected chi connectivity index (χ2v) is 6.44. The Hall–Kier alpha value is -1.82. The van der Waals surface area contributed by atoms with Gasteiger partial charge in [-0.2, -0.15) is 0 Å². The Morgan fingerprint density at radius 3 is 2.65 bits per heavy atom. The summed E-state index contributed by atoms with van der Waals surface area (Å²) in [5, 5.41) is 2.98. The summed E-state index contributed by atoms with van der Waals surface area (Å²) in [6.45, 7) is 3.34. The van der Waals surface area contributed by atoms with Crippen LogP contribution in [0.3, 0.4) is 0 Å². The molecule has 23 heavy (non-hydrogen) atoms. The standard InChI is InChI=1S/C17H25N3O3/c21-15(18-7-11-19-8-3-4-16(19)22)14-17(5-12-23-13-6-17)20-9-1-2-10-20/h1-2,9-10H,3-8,11-14H2,(H,18,21). The number of ether oxygens (including phenoxy) is 1. The van der Waals surface area contributed by atoms with Gasteiger partial charge in [0.15, 0.2) is 0 Å². The number of carbonyl (C=O) groups excluding carboxylic acids is 2. The predicted molar refractivity (Wildman–Crippen MR) is 85.9 cm³/mol. The topological polar surface area (TPSA) is 63.6 Å². The van der Waals surface area contributed by atoms with E-state index in [9.17, 15) is 9.59 Å². The van der Waals surface area contributed by atoms with Gasteiger partial charge in [0.25, 0.3) is 0 Å². The number of amides is 2. The molecule has 0 atom stereocenters. The lowest BCUT2D eigenvalue weighted by molar-refractivity contribution is -0.129. The lowest BCUT2D eigenvalue weighted by atomic mass is 9.86. The first-order valence-corrected chi connectivity index (χ1v) is 8.45. The van der Waals surface area contributed by atoms with Crippen molar-refractivity contribution in [3.8, 4) is 0 Å². The molecule has 6 heteroatoms. The van der Waals surface area contributed by atoms with Gasteiger partial charge in [-0.1, -0.05) is 0 Å². The monoisotopic (exact) mass is 319 g/mol. The summed E-state index contributed by atoms with van der Waals surface area (Å²) in [4.78, 5) is 25.8. The van der Waals surface area contributed by atoms with E-state index in [-0.39, 0.29) is 17.4 Å². The summed E-state index contributed by atoms with van der Waals surface area (Å²) >= 11 is 0. The molecule has 1 N–H and O–H groups in total. The molecule has 2 aliphatic rings. The van der Waals surface area contributed by atoms with Gasteiger partial charge in [0.2, 0.25) is 11.8 Å². The van der Waals surface area contributed by atoms with Crippen LogP contribution in [-0.4, -0.2) is 54.1 Å². The van der Waals surface area contributed by atoms with E-state index in [1.54, 1.807) is 0 Å². The summed E-state index contributed by atoms with van der Waals surface area (Å²) in [5.74, 6) is 0.250. The Morgan fingerprint density at radius 1 is 1.26 bits per heavy atom. The molecule has 2 saturated heterocycles. The normalized spacial score (nSPS) is 20.7. The molecule has 0 spiro atoms. The van der Waals surface area contributed by atoms with Crippen LogP contribution in [0.4, 0.5) is 0 Å². The minimum absolute atomic E-state index is 0.0484. The second kappa shape index (κ2) is 7.17. The predicted octanol–water partition coefficient (Wildman–Crippen LogP) is 1.12. The average Bonchev–Trinajstić information content (AvgIpc) is 3.21. The van der Waals surface area contributed by atoms with Crippen molar-refractivity contribution in [1.29, 1.82) is 0 Å². The third-order valence-corrected chi connectivity index (χ3v) is 4.94. The average molecular weight is 319 g/mol. The molecular formula is C17H25N3O3. The third-order valence-electron chi connectivity index (χ3n) is 4.94. The van der Waals surface area contributed by atoms with Crippen molar-refractivity contribution in [2.75, 3.05) is 32.8 Å². The van der Waals surface area contributed by atoms with Crippen LogP contribution in [-0.2, 0) is 19.9 Å². The summed E-state index contributed by atoms with van der Waals surface area (Å²) in [7, 11) is 0. The minimum Gasteiger partial charge on any atom is -0.381 e. The number of hydrogen-bond donors (Lipinski definition) is 1. The highest BCUT2D eigenvalue weighted by Crippen LogP contribution is 2.32. The smallest absolute Gasteiger partial charge is 0.222 e. The second-order valence-electron chi connectivity index (χ2n) is 6.44. The molecule has 0 unspecified atom stereocenters. The van der Waals surface area contributed by atoms with E-state index in [1.165, 1.54) is 0 Å². The fraction of sp³-hybridized carbons (Fsp3) is 0.647. The number of hydrogen-bond acceptors (Lipinski definition) is 3. The summed E-state index contributed by atoms with van der Waals surface area (Å²) in [5.41, 5.74) is -0.185. The van der Waals surface area contributed by atoms with Crippen LogP contribution in [0.2, 0.25) is 0 Å². The van der Waals surface area contributed by atoms with Gasteiger partial charge in [-0.3, -0.25) is 9.59 Å². The van der Waals surface area contributed by atoms with Gasteiger partial charge in [0, 0.05) is 51.7 Å². The van der Waals surface area contributed by atoms with Crippen LogP contribution >= 0.6 is 0 Å². The van der Waals surface area contributed by atoms with Gasteiger partial charge < -0.3 is 19.5 Å². The Morgan fingerprint density at radius 2 is 2.00 bits per heavy atom. The zero-order valence-electron chi connectivity index (χ0n) is 13.5. The Labute approximate surface area is 136 Å². The molecule has 1 aromatic rings. The minimum atomic E-state index is -0.185. The van der Waals surface area contributed by atoms with Gasteiger partial charge in [0.05, 0.1) is 12.0 Å². The van der Waals surface area contributed by atoms with Crippen molar-refractivity contribution in [1.82, 2.24) is 14.8 Å². The fourth-order valence-electron chi connectivity index (χ4n) is 3.56. The highest BCUT2D eigenvalue weighted by atomic mass is 16.5. The van der Waals surface area contributed by atoms with Crippen molar-refractivity contribution < 1.29 is 14.3 Å². The van der Waals surface area contributed by atoms with E-state index in [4.69, 9.17) is 4.74 Å². The van der Waals surface area contributed by atoms with Crippen LogP contribution in [0.1, 0.15) is 32.1 Å². The highest BCUT2D eigenvalue weighted by Gasteiger charge is 2.36. The molecule has 0 aromatic carbocycles. The summed E-state index contributed by atoms with van der Waals surface area (Å²) in [6.07, 6.45) is 7.79. The fourth-order valence-corrected chi connectivity index (χ4v) is 3.56. The third kappa shape index (κ3) is 3.75. The molecule has 3 heterocycles. The molecule has 3 rings (SSSR count). The number of nitrogens with zero attached hydrogens (tertiary/aromatic N) is 2. The Balaban J connectivity index is 1.53. The molecule has 6 nitrogen and oxygen atoms in total. The quantitative estimate of drug-likeness (QED) is 0.855. The van der Waals surface area contributed by atoms with E-state index in [2.05, 4.69) is 9.88 Å². The Kier molecular flexibility index (Phi) is 5.00. The molecular weight excluding hydrogens is 294 g/mol. The van der Waals surface area contributed by atoms with Crippen LogP contribution in [0, 0.1) is 0 Å². The van der Waals surface area contributed by atoms with E-state index in [0.717, 1.165) is 25.8 Å². The van der Waals surface area contributed by atoms with E-state index in [0.29, 0.717) is 39.1 Å². The van der Waals surface area contributed by atoms with Gasteiger partial charge in [-0.25, -0.2) is 0 Å². The van der Waals surface area contributed by atoms with Crippen LogP contribution in [0.15, 0.2) is 24.5 Å². The molecule has 2 fully saturated rings. The maximum Gasteiger partial charge on any atom is 0.222 e. The van der Waals surface area contributed by atoms with Crippen LogP contribution in [0.5, 0.6) is 0 Å². The first-order valence-electron chi connectivity index (χ1n) is 8.45. The highest BCUT2D eigenvalue weighted by molar-refractivity contribution is 5.78. The molecule has 0 radical (unpaired) electrons. The van der Waals surface area contributed by atoms with Gasteiger partial charge in [0.1, 0.15) is 0 Å². The van der Waals surface area contributed by atoms with Crippen LogP contribution in [0.25, 0.3) is 0 Å². The summed E-state index contributed by atoms with van der Waals surface area (Å²) in [6, 6.07) is 3.99. The van der Waals surface area contributed by atoms with Crippen LogP contribution < -0.4 is 5.32 Å². The molecule has 2 amide bonds. The van der Waals surface area contributed by atoms with Gasteiger partial charge in [-0.05, 0) is 31.4 Å².